The lowest BCUT2D eigenvalue weighted by Crippen LogP contribution is -2.50. The minimum absolute atomic E-state index is 0.0412. The van der Waals surface area contributed by atoms with Crippen LogP contribution in [0, 0.1) is 17.3 Å². The Kier molecular flexibility index (Phi) is 7.62. The maximum absolute atomic E-state index is 12.2. The Morgan fingerprint density at radius 3 is 2.00 bits per heavy atom. The van der Waals surface area contributed by atoms with Crippen molar-refractivity contribution in [2.24, 2.45) is 23.0 Å². The van der Waals surface area contributed by atoms with Gasteiger partial charge in [0.1, 0.15) is 5.60 Å². The van der Waals surface area contributed by atoms with Gasteiger partial charge in [0, 0.05) is 6.04 Å². The third kappa shape index (κ3) is 5.69. The number of carbonyl (C=O) groups is 3. The van der Waals surface area contributed by atoms with Gasteiger partial charge in [0.25, 0.3) is 0 Å². The molecule has 1 aliphatic carbocycles. The number of hydrogen-bond acceptors (Lipinski definition) is 5. The van der Waals surface area contributed by atoms with E-state index in [-0.39, 0.29) is 12.8 Å². The van der Waals surface area contributed by atoms with E-state index in [0.29, 0.717) is 12.8 Å². The van der Waals surface area contributed by atoms with E-state index in [0.717, 1.165) is 19.3 Å². The van der Waals surface area contributed by atoms with E-state index >= 15 is 0 Å². The predicted octanol–water partition coefficient (Wildman–Crippen LogP) is 2.81. The van der Waals surface area contributed by atoms with Crippen molar-refractivity contribution in [3.8, 4) is 0 Å². The van der Waals surface area contributed by atoms with Crippen LogP contribution >= 0.6 is 0 Å². The molecule has 0 spiro atoms. The van der Waals surface area contributed by atoms with E-state index in [9.17, 15) is 24.6 Å². The number of carbonyl (C=O) groups excluding carboxylic acids is 1. The summed E-state index contributed by atoms with van der Waals surface area (Å²) >= 11 is 0. The first-order valence-electron chi connectivity index (χ1n) is 9.35. The molecule has 26 heavy (non-hydrogen) atoms. The monoisotopic (exact) mass is 371 g/mol. The Labute approximate surface area is 155 Å². The molecule has 0 aromatic rings. The molecule has 1 rings (SSSR count). The Morgan fingerprint density at radius 1 is 1.04 bits per heavy atom. The van der Waals surface area contributed by atoms with Gasteiger partial charge in [-0.1, -0.05) is 26.2 Å². The van der Waals surface area contributed by atoms with E-state index in [1.165, 1.54) is 0 Å². The van der Waals surface area contributed by atoms with Gasteiger partial charge in [0.2, 0.25) is 0 Å². The van der Waals surface area contributed by atoms with Gasteiger partial charge in [0.05, 0.1) is 5.92 Å². The maximum atomic E-state index is 12.2. The SMILES string of the molecule is CC(C(=O)O)C1(C(N)CCC(C(=O)O)C(=O)OC(C)(C)C)CCCCC1. The molecule has 0 aromatic carbocycles. The molecule has 3 atom stereocenters. The highest BCUT2D eigenvalue weighted by atomic mass is 16.6. The van der Waals surface area contributed by atoms with Gasteiger partial charge in [-0.25, -0.2) is 0 Å². The molecule has 0 bridgehead atoms. The highest BCUT2D eigenvalue weighted by molar-refractivity contribution is 5.94. The van der Waals surface area contributed by atoms with Gasteiger partial charge >= 0.3 is 17.9 Å². The van der Waals surface area contributed by atoms with Crippen molar-refractivity contribution in [2.75, 3.05) is 0 Å². The molecule has 0 aliphatic heterocycles. The molecule has 0 amide bonds. The van der Waals surface area contributed by atoms with Crippen molar-refractivity contribution < 1.29 is 29.3 Å². The smallest absolute Gasteiger partial charge is 0.320 e. The second-order valence-electron chi connectivity index (χ2n) is 8.46. The first kappa shape index (κ1) is 22.4. The fourth-order valence-corrected chi connectivity index (χ4v) is 3.93. The molecule has 7 heteroatoms. The molecule has 0 aromatic heterocycles. The summed E-state index contributed by atoms with van der Waals surface area (Å²) in [5, 5.41) is 18.9. The summed E-state index contributed by atoms with van der Waals surface area (Å²) in [5.41, 5.74) is 5.07. The van der Waals surface area contributed by atoms with Crippen LogP contribution in [0.25, 0.3) is 0 Å². The van der Waals surface area contributed by atoms with Crippen molar-refractivity contribution in [1.29, 1.82) is 0 Å². The van der Waals surface area contributed by atoms with Crippen LogP contribution in [0.15, 0.2) is 0 Å². The average Bonchev–Trinajstić information content (AvgIpc) is 2.52. The molecule has 1 aliphatic rings. The fraction of sp³-hybridized carbons (Fsp3) is 0.842. The first-order valence-corrected chi connectivity index (χ1v) is 9.35. The largest absolute Gasteiger partial charge is 0.481 e. The third-order valence-electron chi connectivity index (χ3n) is 5.51. The lowest BCUT2D eigenvalue weighted by molar-refractivity contribution is -0.167. The van der Waals surface area contributed by atoms with Crippen LogP contribution in [-0.4, -0.2) is 39.8 Å². The number of hydrogen-bond donors (Lipinski definition) is 3. The highest BCUT2D eigenvalue weighted by Crippen LogP contribution is 2.46. The summed E-state index contributed by atoms with van der Waals surface area (Å²) in [6, 6.07) is -0.474. The molecular weight excluding hydrogens is 338 g/mol. The summed E-state index contributed by atoms with van der Waals surface area (Å²) in [6.07, 6.45) is 4.63. The number of carboxylic acids is 2. The number of esters is 1. The van der Waals surface area contributed by atoms with Crippen LogP contribution in [0.1, 0.15) is 72.6 Å². The highest BCUT2D eigenvalue weighted by Gasteiger charge is 2.46. The zero-order valence-corrected chi connectivity index (χ0v) is 16.3. The molecular formula is C19H33NO6. The van der Waals surface area contributed by atoms with Crippen molar-refractivity contribution in [3.05, 3.63) is 0 Å². The van der Waals surface area contributed by atoms with E-state index in [4.69, 9.17) is 10.5 Å². The van der Waals surface area contributed by atoms with Gasteiger partial charge in [-0.05, 0) is 51.9 Å². The zero-order chi connectivity index (χ0) is 20.1. The third-order valence-corrected chi connectivity index (χ3v) is 5.51. The molecule has 150 valence electrons. The van der Waals surface area contributed by atoms with Crippen LogP contribution in [-0.2, 0) is 19.1 Å². The Bertz CT molecular complexity index is 519. The lowest BCUT2D eigenvalue weighted by Gasteiger charge is -2.45. The minimum atomic E-state index is -1.29. The zero-order valence-electron chi connectivity index (χ0n) is 16.3. The molecule has 0 radical (unpaired) electrons. The number of rotatable bonds is 8. The lowest BCUT2D eigenvalue weighted by atomic mass is 9.61. The maximum Gasteiger partial charge on any atom is 0.320 e. The van der Waals surface area contributed by atoms with Crippen molar-refractivity contribution in [2.45, 2.75) is 84.3 Å². The first-order chi connectivity index (χ1) is 11.9. The minimum Gasteiger partial charge on any atom is -0.481 e. The topological polar surface area (TPSA) is 127 Å². The quantitative estimate of drug-likeness (QED) is 0.442. The van der Waals surface area contributed by atoms with E-state index in [1.807, 2.05) is 0 Å². The second-order valence-corrected chi connectivity index (χ2v) is 8.46. The Morgan fingerprint density at radius 2 is 1.58 bits per heavy atom. The second kappa shape index (κ2) is 8.84. The van der Waals surface area contributed by atoms with Crippen molar-refractivity contribution >= 4 is 17.9 Å². The fourth-order valence-electron chi connectivity index (χ4n) is 3.93. The van der Waals surface area contributed by atoms with E-state index in [1.54, 1.807) is 27.7 Å². The van der Waals surface area contributed by atoms with Gasteiger partial charge in [-0.15, -0.1) is 0 Å². The number of nitrogens with two attached hydrogens (primary N) is 1. The average molecular weight is 371 g/mol. The molecule has 1 fully saturated rings. The molecule has 0 saturated heterocycles. The predicted molar refractivity (Wildman–Crippen MR) is 96.5 cm³/mol. The molecule has 0 heterocycles. The summed E-state index contributed by atoms with van der Waals surface area (Å²) in [4.78, 5) is 35.3. The van der Waals surface area contributed by atoms with Crippen molar-refractivity contribution in [1.82, 2.24) is 0 Å². The molecule has 4 N–H and O–H groups in total. The van der Waals surface area contributed by atoms with Gasteiger partial charge in [-0.3, -0.25) is 14.4 Å². The summed E-state index contributed by atoms with van der Waals surface area (Å²) in [5.74, 6) is -4.80. The van der Waals surface area contributed by atoms with Crippen LogP contribution in [0.3, 0.4) is 0 Å². The van der Waals surface area contributed by atoms with E-state index < -0.39 is 46.8 Å². The number of ether oxygens (including phenoxy) is 1. The van der Waals surface area contributed by atoms with Gasteiger partial charge < -0.3 is 20.7 Å². The Balaban J connectivity index is 2.87. The number of carboxylic acid groups (broad SMARTS) is 2. The van der Waals surface area contributed by atoms with E-state index in [2.05, 4.69) is 0 Å². The van der Waals surface area contributed by atoms with Crippen LogP contribution in [0.2, 0.25) is 0 Å². The summed E-state index contributed by atoms with van der Waals surface area (Å²) < 4.78 is 5.20. The summed E-state index contributed by atoms with van der Waals surface area (Å²) in [6.45, 7) is 6.72. The Hall–Kier alpha value is -1.63. The van der Waals surface area contributed by atoms with Crippen molar-refractivity contribution in [3.63, 3.8) is 0 Å². The normalized spacial score (nSPS) is 20.7. The standard InChI is InChI=1S/C19H33NO6/c1-12(15(21)22)19(10-6-5-7-11-19)14(20)9-8-13(16(23)24)17(25)26-18(2,3)4/h12-14H,5-11,20H2,1-4H3,(H,21,22)(H,23,24). The van der Waals surface area contributed by atoms with Crippen LogP contribution < -0.4 is 5.73 Å². The number of aliphatic carboxylic acids is 2. The molecule has 3 unspecified atom stereocenters. The van der Waals surface area contributed by atoms with Gasteiger partial charge in [-0.2, -0.15) is 0 Å². The summed E-state index contributed by atoms with van der Waals surface area (Å²) in [7, 11) is 0. The molecule has 7 nitrogen and oxygen atoms in total. The van der Waals surface area contributed by atoms with Crippen LogP contribution in [0.5, 0.6) is 0 Å². The van der Waals surface area contributed by atoms with Crippen LogP contribution in [0.4, 0.5) is 0 Å². The molecule has 1 saturated carbocycles. The van der Waals surface area contributed by atoms with Gasteiger partial charge in [0.15, 0.2) is 5.92 Å².